The van der Waals surface area contributed by atoms with Gasteiger partial charge in [-0.25, -0.2) is 9.59 Å². The number of amides is 2. The Balaban J connectivity index is 1.44. The molecule has 3 rings (SSSR count). The minimum Gasteiger partial charge on any atom is -0.478 e. The maximum Gasteiger partial charge on any atom is 0.335 e. The summed E-state index contributed by atoms with van der Waals surface area (Å²) in [7, 11) is 0. The number of piperazine rings is 1. The first-order valence-electron chi connectivity index (χ1n) is 9.15. The minimum atomic E-state index is -0.950. The van der Waals surface area contributed by atoms with Gasteiger partial charge in [-0.1, -0.05) is 36.4 Å². The van der Waals surface area contributed by atoms with Crippen LogP contribution in [0.25, 0.3) is 0 Å². The fourth-order valence-corrected chi connectivity index (χ4v) is 3.19. The molecule has 1 saturated heterocycles. The molecule has 0 radical (unpaired) electrons. The van der Waals surface area contributed by atoms with E-state index in [1.165, 1.54) is 11.1 Å². The van der Waals surface area contributed by atoms with E-state index in [2.05, 4.69) is 41.4 Å². The van der Waals surface area contributed by atoms with Gasteiger partial charge in [0.25, 0.3) is 0 Å². The molecular weight excluding hydrogens is 342 g/mol. The van der Waals surface area contributed by atoms with Crippen LogP contribution in [-0.4, -0.2) is 53.1 Å². The molecule has 0 bridgehead atoms. The average molecular weight is 367 g/mol. The van der Waals surface area contributed by atoms with E-state index in [1.807, 2.05) is 4.90 Å². The number of aromatic carboxylic acids is 1. The van der Waals surface area contributed by atoms with Crippen LogP contribution >= 0.6 is 0 Å². The van der Waals surface area contributed by atoms with Crippen molar-refractivity contribution in [3.05, 3.63) is 70.8 Å². The first-order valence-corrected chi connectivity index (χ1v) is 9.15. The summed E-state index contributed by atoms with van der Waals surface area (Å²) < 4.78 is 0. The molecule has 0 aromatic heterocycles. The molecule has 1 aliphatic heterocycles. The van der Waals surface area contributed by atoms with Gasteiger partial charge in [-0.3, -0.25) is 4.90 Å². The van der Waals surface area contributed by atoms with Gasteiger partial charge in [-0.15, -0.1) is 0 Å². The van der Waals surface area contributed by atoms with Crippen molar-refractivity contribution in [2.75, 3.05) is 26.2 Å². The van der Waals surface area contributed by atoms with Crippen LogP contribution in [0.15, 0.2) is 48.5 Å². The third kappa shape index (κ3) is 5.08. The molecule has 0 aliphatic carbocycles. The van der Waals surface area contributed by atoms with E-state index >= 15 is 0 Å². The molecule has 142 valence electrons. The lowest BCUT2D eigenvalue weighted by Crippen LogP contribution is -2.51. The molecule has 1 fully saturated rings. The van der Waals surface area contributed by atoms with Crippen molar-refractivity contribution in [1.29, 1.82) is 0 Å². The topological polar surface area (TPSA) is 72.9 Å². The van der Waals surface area contributed by atoms with Crippen molar-refractivity contribution >= 4 is 12.0 Å². The Kier molecular flexibility index (Phi) is 6.08. The number of carbonyl (C=O) groups excluding carboxylic acids is 1. The first kappa shape index (κ1) is 18.9. The zero-order chi connectivity index (χ0) is 19.2. The molecule has 1 heterocycles. The van der Waals surface area contributed by atoms with Crippen molar-refractivity contribution < 1.29 is 14.7 Å². The van der Waals surface area contributed by atoms with E-state index in [0.717, 1.165) is 25.2 Å². The predicted octanol–water partition coefficient (Wildman–Crippen LogP) is 2.72. The predicted molar refractivity (Wildman–Crippen MR) is 104 cm³/mol. The Hall–Kier alpha value is -2.86. The summed E-state index contributed by atoms with van der Waals surface area (Å²) in [6.07, 6.45) is 0. The van der Waals surface area contributed by atoms with Crippen molar-refractivity contribution in [3.63, 3.8) is 0 Å². The van der Waals surface area contributed by atoms with Gasteiger partial charge in [0.1, 0.15) is 0 Å². The number of carboxylic acids is 1. The summed E-state index contributed by atoms with van der Waals surface area (Å²) >= 11 is 0. The number of hydrogen-bond acceptors (Lipinski definition) is 3. The van der Waals surface area contributed by atoms with Crippen LogP contribution < -0.4 is 5.32 Å². The Morgan fingerprint density at radius 3 is 2.30 bits per heavy atom. The van der Waals surface area contributed by atoms with Gasteiger partial charge in [0.15, 0.2) is 0 Å². The molecule has 27 heavy (non-hydrogen) atoms. The summed E-state index contributed by atoms with van der Waals surface area (Å²) in [5.74, 6) is -0.950. The van der Waals surface area contributed by atoms with Gasteiger partial charge in [0.2, 0.25) is 0 Å². The number of carbonyl (C=O) groups is 2. The second-order valence-corrected chi connectivity index (χ2v) is 6.85. The van der Waals surface area contributed by atoms with Gasteiger partial charge in [0, 0.05) is 39.3 Å². The van der Waals surface area contributed by atoms with E-state index < -0.39 is 5.97 Å². The highest BCUT2D eigenvalue weighted by Gasteiger charge is 2.21. The van der Waals surface area contributed by atoms with Crippen LogP contribution in [0.5, 0.6) is 0 Å². The van der Waals surface area contributed by atoms with Gasteiger partial charge in [-0.2, -0.15) is 0 Å². The monoisotopic (exact) mass is 367 g/mol. The first-order chi connectivity index (χ1) is 13.0. The van der Waals surface area contributed by atoms with E-state index in [-0.39, 0.29) is 11.6 Å². The van der Waals surface area contributed by atoms with Crippen LogP contribution in [0, 0.1) is 6.92 Å². The Labute approximate surface area is 159 Å². The lowest BCUT2D eigenvalue weighted by atomic mass is 10.1. The molecule has 1 aliphatic rings. The molecular formula is C21H25N3O3. The SMILES string of the molecule is Cc1ccccc1CN1CCN(C(=O)NCc2ccc(C(=O)O)cc2)CC1. The van der Waals surface area contributed by atoms with Gasteiger partial charge < -0.3 is 15.3 Å². The highest BCUT2D eigenvalue weighted by atomic mass is 16.4. The molecule has 6 heteroatoms. The van der Waals surface area contributed by atoms with E-state index in [0.29, 0.717) is 19.6 Å². The number of aryl methyl sites for hydroxylation is 1. The van der Waals surface area contributed by atoms with Gasteiger partial charge in [0.05, 0.1) is 5.56 Å². The van der Waals surface area contributed by atoms with E-state index in [4.69, 9.17) is 5.11 Å². The van der Waals surface area contributed by atoms with E-state index in [9.17, 15) is 9.59 Å². The third-order valence-electron chi connectivity index (χ3n) is 4.96. The number of hydrogen-bond donors (Lipinski definition) is 2. The van der Waals surface area contributed by atoms with Gasteiger partial charge >= 0.3 is 12.0 Å². The van der Waals surface area contributed by atoms with Crippen LogP contribution in [0.4, 0.5) is 4.79 Å². The zero-order valence-corrected chi connectivity index (χ0v) is 15.5. The quantitative estimate of drug-likeness (QED) is 0.852. The average Bonchev–Trinajstić information content (AvgIpc) is 2.69. The highest BCUT2D eigenvalue weighted by Crippen LogP contribution is 2.12. The lowest BCUT2D eigenvalue weighted by molar-refractivity contribution is 0.0697. The fourth-order valence-electron chi connectivity index (χ4n) is 3.19. The molecule has 0 atom stereocenters. The van der Waals surface area contributed by atoms with Crippen LogP contribution in [0.3, 0.4) is 0 Å². The standard InChI is InChI=1S/C21H25N3O3/c1-16-4-2-3-5-19(16)15-23-10-12-24(13-11-23)21(27)22-14-17-6-8-18(9-7-17)20(25)26/h2-9H,10-15H2,1H3,(H,22,27)(H,25,26). The third-order valence-corrected chi connectivity index (χ3v) is 4.96. The highest BCUT2D eigenvalue weighted by molar-refractivity contribution is 5.87. The molecule has 2 aromatic carbocycles. The molecule has 2 aromatic rings. The van der Waals surface area contributed by atoms with Crippen LogP contribution in [0.1, 0.15) is 27.0 Å². The largest absolute Gasteiger partial charge is 0.478 e. The number of urea groups is 1. The maximum absolute atomic E-state index is 12.4. The summed E-state index contributed by atoms with van der Waals surface area (Å²) in [6.45, 7) is 6.55. The number of nitrogens with zero attached hydrogens (tertiary/aromatic N) is 2. The molecule has 0 unspecified atom stereocenters. The summed E-state index contributed by atoms with van der Waals surface area (Å²) in [4.78, 5) is 27.4. The fraction of sp³-hybridized carbons (Fsp3) is 0.333. The minimum absolute atomic E-state index is 0.0761. The second-order valence-electron chi connectivity index (χ2n) is 6.85. The number of rotatable bonds is 5. The molecule has 2 amide bonds. The zero-order valence-electron chi connectivity index (χ0n) is 15.5. The Morgan fingerprint density at radius 1 is 1.00 bits per heavy atom. The molecule has 0 spiro atoms. The smallest absolute Gasteiger partial charge is 0.335 e. The normalized spacial score (nSPS) is 14.8. The molecule has 0 saturated carbocycles. The number of nitrogens with one attached hydrogen (secondary N) is 1. The summed E-state index contributed by atoms with van der Waals surface area (Å²) in [6, 6.07) is 14.9. The summed E-state index contributed by atoms with van der Waals surface area (Å²) in [5.41, 5.74) is 3.76. The Bertz CT molecular complexity index is 797. The van der Waals surface area contributed by atoms with Crippen molar-refractivity contribution in [3.8, 4) is 0 Å². The van der Waals surface area contributed by atoms with Gasteiger partial charge in [-0.05, 0) is 35.7 Å². The summed E-state index contributed by atoms with van der Waals surface area (Å²) in [5, 5.41) is 11.8. The molecule has 6 nitrogen and oxygen atoms in total. The van der Waals surface area contributed by atoms with E-state index in [1.54, 1.807) is 24.3 Å². The number of benzene rings is 2. The second kappa shape index (κ2) is 8.68. The number of carboxylic acid groups (broad SMARTS) is 1. The maximum atomic E-state index is 12.4. The van der Waals surface area contributed by atoms with Crippen molar-refractivity contribution in [2.24, 2.45) is 0 Å². The molecule has 2 N–H and O–H groups in total. The van der Waals surface area contributed by atoms with Crippen LogP contribution in [0.2, 0.25) is 0 Å². The van der Waals surface area contributed by atoms with Crippen LogP contribution in [-0.2, 0) is 13.1 Å². The van der Waals surface area contributed by atoms with Crippen molar-refractivity contribution in [1.82, 2.24) is 15.1 Å². The Morgan fingerprint density at radius 2 is 1.67 bits per heavy atom. The lowest BCUT2D eigenvalue weighted by Gasteiger charge is -2.35. The van der Waals surface area contributed by atoms with Crippen molar-refractivity contribution in [2.45, 2.75) is 20.0 Å².